The average molecular weight is 313 g/mol. The van der Waals surface area contributed by atoms with E-state index in [4.69, 9.17) is 11.6 Å². The maximum atomic E-state index is 11.4. The number of rotatable bonds is 4. The van der Waals surface area contributed by atoms with Crippen LogP contribution in [0.1, 0.15) is 25.3 Å². The Balaban J connectivity index is 2.23. The van der Waals surface area contributed by atoms with Gasteiger partial charge >= 0.3 is 5.97 Å². The number of nitro groups is 1. The van der Waals surface area contributed by atoms with Crippen LogP contribution in [0.25, 0.3) is 0 Å². The molecule has 114 valence electrons. The van der Waals surface area contributed by atoms with E-state index in [0.717, 1.165) is 6.42 Å². The second kappa shape index (κ2) is 5.99. The second-order valence-electron chi connectivity index (χ2n) is 5.67. The van der Waals surface area contributed by atoms with Crippen molar-refractivity contribution in [3.63, 3.8) is 0 Å². The highest BCUT2D eigenvalue weighted by molar-refractivity contribution is 6.31. The molecule has 1 heterocycles. The molecule has 1 atom stereocenters. The number of halogens is 1. The summed E-state index contributed by atoms with van der Waals surface area (Å²) in [5, 5.41) is 20.7. The van der Waals surface area contributed by atoms with Crippen molar-refractivity contribution in [1.82, 2.24) is 4.90 Å². The lowest BCUT2D eigenvalue weighted by Crippen LogP contribution is -2.45. The second-order valence-corrected chi connectivity index (χ2v) is 6.08. The average Bonchev–Trinajstić information content (AvgIpc) is 2.40. The van der Waals surface area contributed by atoms with E-state index in [0.29, 0.717) is 36.6 Å². The first-order valence-corrected chi connectivity index (χ1v) is 7.09. The molecule has 2 rings (SSSR count). The molecule has 0 spiro atoms. The Morgan fingerprint density at radius 3 is 2.90 bits per heavy atom. The fourth-order valence-corrected chi connectivity index (χ4v) is 2.98. The summed E-state index contributed by atoms with van der Waals surface area (Å²) in [4.78, 5) is 23.9. The third-order valence-electron chi connectivity index (χ3n) is 3.96. The van der Waals surface area contributed by atoms with Crippen LogP contribution in [-0.4, -0.2) is 34.0 Å². The molecule has 1 aliphatic rings. The van der Waals surface area contributed by atoms with E-state index in [9.17, 15) is 20.0 Å². The van der Waals surface area contributed by atoms with Crippen LogP contribution in [0.5, 0.6) is 0 Å². The zero-order chi connectivity index (χ0) is 15.6. The van der Waals surface area contributed by atoms with Gasteiger partial charge in [-0.3, -0.25) is 19.8 Å². The summed E-state index contributed by atoms with van der Waals surface area (Å²) >= 11 is 6.08. The van der Waals surface area contributed by atoms with Crippen LogP contribution < -0.4 is 0 Å². The molecule has 0 saturated carbocycles. The number of carbonyl (C=O) groups is 1. The standard InChI is InChI=1S/C14H17ClN2O4/c1-14(13(18)19)6-3-7-16(9-14)8-10-11(15)4-2-5-12(10)17(20)21/h2,4-5H,3,6-9H2,1H3,(H,18,19). The van der Waals surface area contributed by atoms with E-state index in [1.54, 1.807) is 19.1 Å². The number of nitrogens with zero attached hydrogens (tertiary/aromatic N) is 2. The SMILES string of the molecule is CC1(C(=O)O)CCCN(Cc2c(Cl)cccc2[N+](=O)[O-])C1. The lowest BCUT2D eigenvalue weighted by Gasteiger charge is -2.37. The maximum Gasteiger partial charge on any atom is 0.310 e. The summed E-state index contributed by atoms with van der Waals surface area (Å²) in [7, 11) is 0. The molecule has 1 saturated heterocycles. The molecule has 0 aromatic heterocycles. The molecule has 0 bridgehead atoms. The van der Waals surface area contributed by atoms with Gasteiger partial charge in [-0.2, -0.15) is 0 Å². The van der Waals surface area contributed by atoms with Gasteiger partial charge < -0.3 is 5.11 Å². The molecule has 1 unspecified atom stereocenters. The number of benzene rings is 1. The predicted molar refractivity (Wildman–Crippen MR) is 78.4 cm³/mol. The van der Waals surface area contributed by atoms with Gasteiger partial charge in [0.2, 0.25) is 0 Å². The van der Waals surface area contributed by atoms with E-state index in [-0.39, 0.29) is 5.69 Å². The minimum absolute atomic E-state index is 0.0231. The summed E-state index contributed by atoms with van der Waals surface area (Å²) < 4.78 is 0. The fourth-order valence-electron chi connectivity index (χ4n) is 2.75. The molecule has 1 fully saturated rings. The van der Waals surface area contributed by atoms with Crippen LogP contribution in [0.15, 0.2) is 18.2 Å². The summed E-state index contributed by atoms with van der Waals surface area (Å²) in [5.74, 6) is -0.833. The zero-order valence-electron chi connectivity index (χ0n) is 11.7. The fraction of sp³-hybridized carbons (Fsp3) is 0.500. The van der Waals surface area contributed by atoms with Crippen LogP contribution in [0.4, 0.5) is 5.69 Å². The van der Waals surface area contributed by atoms with E-state index < -0.39 is 16.3 Å². The lowest BCUT2D eigenvalue weighted by atomic mass is 9.82. The van der Waals surface area contributed by atoms with Gasteiger partial charge in [-0.1, -0.05) is 17.7 Å². The molecular weight excluding hydrogens is 296 g/mol. The number of nitro benzene ring substituents is 1. The number of carboxylic acid groups (broad SMARTS) is 1. The van der Waals surface area contributed by atoms with Crippen LogP contribution in [0.2, 0.25) is 5.02 Å². The molecule has 1 aromatic carbocycles. The Kier molecular flexibility index (Phi) is 4.49. The lowest BCUT2D eigenvalue weighted by molar-refractivity contribution is -0.385. The van der Waals surface area contributed by atoms with E-state index >= 15 is 0 Å². The highest BCUT2D eigenvalue weighted by Gasteiger charge is 2.38. The van der Waals surface area contributed by atoms with E-state index in [2.05, 4.69) is 0 Å². The Labute approximate surface area is 127 Å². The minimum atomic E-state index is -0.833. The van der Waals surface area contributed by atoms with Crippen LogP contribution >= 0.6 is 11.6 Å². The maximum absolute atomic E-state index is 11.4. The number of likely N-dealkylation sites (tertiary alicyclic amines) is 1. The van der Waals surface area contributed by atoms with Crippen molar-refractivity contribution in [3.8, 4) is 0 Å². The van der Waals surface area contributed by atoms with Crippen molar-refractivity contribution >= 4 is 23.3 Å². The van der Waals surface area contributed by atoms with Crippen molar-refractivity contribution < 1.29 is 14.8 Å². The van der Waals surface area contributed by atoms with Gasteiger partial charge in [-0.25, -0.2) is 0 Å². The smallest absolute Gasteiger partial charge is 0.310 e. The topological polar surface area (TPSA) is 83.7 Å². The van der Waals surface area contributed by atoms with Gasteiger partial charge in [0.05, 0.1) is 20.9 Å². The van der Waals surface area contributed by atoms with Gasteiger partial charge in [0, 0.05) is 19.2 Å². The highest BCUT2D eigenvalue weighted by atomic mass is 35.5. The Bertz CT molecular complexity index is 578. The zero-order valence-corrected chi connectivity index (χ0v) is 12.5. The van der Waals surface area contributed by atoms with Crippen LogP contribution in [0.3, 0.4) is 0 Å². The first-order valence-electron chi connectivity index (χ1n) is 6.71. The summed E-state index contributed by atoms with van der Waals surface area (Å²) in [6.07, 6.45) is 1.37. The first-order chi connectivity index (χ1) is 9.83. The van der Waals surface area contributed by atoms with Crippen molar-refractivity contribution in [3.05, 3.63) is 38.9 Å². The summed E-state index contributed by atoms with van der Waals surface area (Å²) in [6, 6.07) is 4.58. The Hall–Kier alpha value is -1.66. The molecule has 6 nitrogen and oxygen atoms in total. The van der Waals surface area contributed by atoms with Crippen molar-refractivity contribution in [2.75, 3.05) is 13.1 Å². The molecular formula is C14H17ClN2O4. The molecule has 1 N–H and O–H groups in total. The molecule has 21 heavy (non-hydrogen) atoms. The van der Waals surface area contributed by atoms with Gasteiger partial charge in [0.25, 0.3) is 5.69 Å². The predicted octanol–water partition coefficient (Wildman–Crippen LogP) is 2.93. The first kappa shape index (κ1) is 15.7. The minimum Gasteiger partial charge on any atom is -0.481 e. The quantitative estimate of drug-likeness (QED) is 0.682. The van der Waals surface area contributed by atoms with Crippen LogP contribution in [0, 0.1) is 15.5 Å². The van der Waals surface area contributed by atoms with Crippen molar-refractivity contribution in [2.45, 2.75) is 26.3 Å². The van der Waals surface area contributed by atoms with Gasteiger partial charge in [-0.15, -0.1) is 0 Å². The molecule has 7 heteroatoms. The molecule has 1 aliphatic heterocycles. The van der Waals surface area contributed by atoms with Crippen molar-refractivity contribution in [2.24, 2.45) is 5.41 Å². The number of hydrogen-bond donors (Lipinski definition) is 1. The van der Waals surface area contributed by atoms with Crippen molar-refractivity contribution in [1.29, 1.82) is 0 Å². The molecule has 0 aliphatic carbocycles. The van der Waals surface area contributed by atoms with Gasteiger partial charge in [-0.05, 0) is 32.4 Å². The largest absolute Gasteiger partial charge is 0.481 e. The Morgan fingerprint density at radius 1 is 1.57 bits per heavy atom. The number of carboxylic acids is 1. The van der Waals surface area contributed by atoms with E-state index in [1.165, 1.54) is 6.07 Å². The third kappa shape index (κ3) is 3.33. The Morgan fingerprint density at radius 2 is 2.29 bits per heavy atom. The third-order valence-corrected chi connectivity index (χ3v) is 4.32. The summed E-state index contributed by atoms with van der Waals surface area (Å²) in [5.41, 5.74) is -0.391. The van der Waals surface area contributed by atoms with Crippen LogP contribution in [-0.2, 0) is 11.3 Å². The highest BCUT2D eigenvalue weighted by Crippen LogP contribution is 2.33. The van der Waals surface area contributed by atoms with Gasteiger partial charge in [0.15, 0.2) is 0 Å². The number of hydrogen-bond acceptors (Lipinski definition) is 4. The summed E-state index contributed by atoms with van der Waals surface area (Å²) in [6.45, 7) is 3.08. The molecule has 0 amide bonds. The van der Waals surface area contributed by atoms with Gasteiger partial charge in [0.1, 0.15) is 0 Å². The number of piperidine rings is 1. The molecule has 1 aromatic rings. The monoisotopic (exact) mass is 312 g/mol. The normalized spacial score (nSPS) is 23.0. The van der Waals surface area contributed by atoms with E-state index in [1.807, 2.05) is 4.90 Å². The molecule has 0 radical (unpaired) electrons. The number of aliphatic carboxylic acids is 1.